The number of fused-ring (bicyclic) bond motifs is 2. The topological polar surface area (TPSA) is 72.3 Å². The highest BCUT2D eigenvalue weighted by atomic mass is 15.4. The van der Waals surface area contributed by atoms with Crippen molar-refractivity contribution in [2.45, 2.75) is 0 Å². The Hall–Kier alpha value is -2.76. The molecule has 4 rings (SSSR count). The van der Waals surface area contributed by atoms with Gasteiger partial charge in [0, 0.05) is 30.4 Å². The van der Waals surface area contributed by atoms with Crippen LogP contribution < -0.4 is 0 Å². The van der Waals surface area contributed by atoms with E-state index in [0.717, 1.165) is 33.2 Å². The Labute approximate surface area is 108 Å². The molecule has 0 radical (unpaired) electrons. The van der Waals surface area contributed by atoms with Crippen LogP contribution >= 0.6 is 0 Å². The maximum absolute atomic E-state index is 4.20. The van der Waals surface area contributed by atoms with Crippen LogP contribution in [0, 0.1) is 0 Å². The number of benzene rings is 1. The number of hydrogen-bond acceptors (Lipinski definition) is 4. The van der Waals surface area contributed by atoms with Gasteiger partial charge in [0.25, 0.3) is 0 Å². The predicted molar refractivity (Wildman–Crippen MR) is 71.4 cm³/mol. The number of hydrogen-bond donors (Lipinski definition) is 1. The Morgan fingerprint density at radius 1 is 1.26 bits per heavy atom. The molecule has 0 aliphatic carbocycles. The third-order valence-electron chi connectivity index (χ3n) is 3.28. The minimum atomic E-state index is 0.841. The number of nitrogens with zero attached hydrogens (tertiary/aromatic N) is 5. The molecule has 0 bridgehead atoms. The quantitative estimate of drug-likeness (QED) is 0.560. The smallest absolute Gasteiger partial charge is 0.141 e. The van der Waals surface area contributed by atoms with E-state index in [1.54, 1.807) is 4.68 Å². The average molecular weight is 250 g/mol. The van der Waals surface area contributed by atoms with Gasteiger partial charge in [0.05, 0.1) is 5.52 Å². The second-order valence-electron chi connectivity index (χ2n) is 4.40. The van der Waals surface area contributed by atoms with Gasteiger partial charge < -0.3 is 4.98 Å². The van der Waals surface area contributed by atoms with Crippen molar-refractivity contribution in [2.75, 3.05) is 0 Å². The van der Waals surface area contributed by atoms with E-state index in [0.29, 0.717) is 0 Å². The Morgan fingerprint density at radius 2 is 2.21 bits per heavy atom. The molecule has 1 N–H and O–H groups in total. The van der Waals surface area contributed by atoms with Crippen molar-refractivity contribution in [1.29, 1.82) is 0 Å². The van der Waals surface area contributed by atoms with Crippen molar-refractivity contribution in [2.24, 2.45) is 7.05 Å². The lowest BCUT2D eigenvalue weighted by Crippen LogP contribution is -1.89. The third kappa shape index (κ3) is 1.43. The summed E-state index contributed by atoms with van der Waals surface area (Å²) in [6.07, 6.45) is 5.31. The minimum absolute atomic E-state index is 0.841. The fraction of sp³-hybridized carbons (Fsp3) is 0.0769. The van der Waals surface area contributed by atoms with Crippen molar-refractivity contribution >= 4 is 22.1 Å². The maximum atomic E-state index is 4.20. The lowest BCUT2D eigenvalue weighted by molar-refractivity contribution is 0.736. The van der Waals surface area contributed by atoms with Gasteiger partial charge in [0.2, 0.25) is 0 Å². The summed E-state index contributed by atoms with van der Waals surface area (Å²) in [5, 5.41) is 9.11. The van der Waals surface area contributed by atoms with Crippen molar-refractivity contribution in [1.82, 2.24) is 29.9 Å². The first kappa shape index (κ1) is 10.2. The monoisotopic (exact) mass is 250 g/mol. The largest absolute Gasteiger partial charge is 0.345 e. The first-order chi connectivity index (χ1) is 9.33. The molecule has 0 unspecified atom stereocenters. The minimum Gasteiger partial charge on any atom is -0.345 e. The molecule has 0 fully saturated rings. The predicted octanol–water partition coefficient (Wildman–Crippen LogP) is 1.91. The van der Waals surface area contributed by atoms with Crippen molar-refractivity contribution in [3.8, 4) is 11.1 Å². The molecule has 92 valence electrons. The molecule has 3 heterocycles. The lowest BCUT2D eigenvalue weighted by atomic mass is 10.1. The van der Waals surface area contributed by atoms with Crippen LogP contribution in [0.25, 0.3) is 33.2 Å². The standard InChI is InChI=1S/C13H10N6/c1-19-12-4-8(2-3-11(12)17-18-19)9-6-15-13-10(9)5-14-7-16-13/h2-7H,1H3,(H,14,15,16). The summed E-state index contributed by atoms with van der Waals surface area (Å²) in [6.45, 7) is 0. The molecule has 0 saturated carbocycles. The Kier molecular flexibility index (Phi) is 1.94. The van der Waals surface area contributed by atoms with E-state index in [-0.39, 0.29) is 0 Å². The van der Waals surface area contributed by atoms with Crippen LogP contribution in [0.3, 0.4) is 0 Å². The first-order valence-electron chi connectivity index (χ1n) is 5.90. The maximum Gasteiger partial charge on any atom is 0.141 e. The summed E-state index contributed by atoms with van der Waals surface area (Å²) in [6, 6.07) is 6.08. The molecule has 1 aromatic carbocycles. The van der Waals surface area contributed by atoms with Gasteiger partial charge in [-0.15, -0.1) is 5.10 Å². The summed E-state index contributed by atoms with van der Waals surface area (Å²) in [7, 11) is 1.89. The van der Waals surface area contributed by atoms with Crippen LogP contribution in [0.4, 0.5) is 0 Å². The van der Waals surface area contributed by atoms with Gasteiger partial charge in [-0.1, -0.05) is 11.3 Å². The zero-order valence-electron chi connectivity index (χ0n) is 10.2. The molecular formula is C13H10N6. The second kappa shape index (κ2) is 3.61. The normalized spacial score (nSPS) is 11.4. The van der Waals surface area contributed by atoms with E-state index in [1.165, 1.54) is 6.33 Å². The molecule has 4 aromatic rings. The number of rotatable bonds is 1. The Morgan fingerprint density at radius 3 is 3.16 bits per heavy atom. The van der Waals surface area contributed by atoms with Crippen LogP contribution in [0.2, 0.25) is 0 Å². The molecule has 0 atom stereocenters. The van der Waals surface area contributed by atoms with Crippen molar-refractivity contribution in [3.05, 3.63) is 36.9 Å². The zero-order valence-corrected chi connectivity index (χ0v) is 10.2. The fourth-order valence-electron chi connectivity index (χ4n) is 2.30. The number of aryl methyl sites for hydroxylation is 1. The molecule has 3 aromatic heterocycles. The van der Waals surface area contributed by atoms with Crippen LogP contribution in [-0.2, 0) is 7.05 Å². The molecule has 0 aliphatic heterocycles. The van der Waals surface area contributed by atoms with Gasteiger partial charge in [-0.2, -0.15) is 0 Å². The fourth-order valence-corrected chi connectivity index (χ4v) is 2.30. The molecule has 6 heteroatoms. The van der Waals surface area contributed by atoms with Crippen molar-refractivity contribution in [3.63, 3.8) is 0 Å². The van der Waals surface area contributed by atoms with Gasteiger partial charge >= 0.3 is 0 Å². The van der Waals surface area contributed by atoms with E-state index in [4.69, 9.17) is 0 Å². The molecule has 0 amide bonds. The molecule has 19 heavy (non-hydrogen) atoms. The Bertz CT molecular complexity index is 888. The van der Waals surface area contributed by atoms with Crippen LogP contribution in [0.15, 0.2) is 36.9 Å². The molecule has 0 spiro atoms. The molecule has 0 aliphatic rings. The van der Waals surface area contributed by atoms with Crippen LogP contribution in [-0.4, -0.2) is 29.9 Å². The van der Waals surface area contributed by atoms with Gasteiger partial charge in [-0.05, 0) is 17.7 Å². The van der Waals surface area contributed by atoms with Crippen LogP contribution in [0.5, 0.6) is 0 Å². The molecule has 6 nitrogen and oxygen atoms in total. The number of aromatic nitrogens is 6. The SMILES string of the molecule is Cn1nnc2ccc(-c3c[nH]c4ncncc34)cc21. The number of H-pyrrole nitrogens is 1. The van der Waals surface area contributed by atoms with E-state index in [2.05, 4.69) is 31.3 Å². The van der Waals surface area contributed by atoms with Crippen LogP contribution in [0.1, 0.15) is 0 Å². The molecule has 0 saturated heterocycles. The lowest BCUT2D eigenvalue weighted by Gasteiger charge is -2.00. The van der Waals surface area contributed by atoms with E-state index < -0.39 is 0 Å². The van der Waals surface area contributed by atoms with E-state index >= 15 is 0 Å². The highest BCUT2D eigenvalue weighted by Gasteiger charge is 2.09. The van der Waals surface area contributed by atoms with Gasteiger partial charge in [-0.3, -0.25) is 0 Å². The summed E-state index contributed by atoms with van der Waals surface area (Å²) in [4.78, 5) is 11.4. The zero-order chi connectivity index (χ0) is 12.8. The summed E-state index contributed by atoms with van der Waals surface area (Å²) in [5.74, 6) is 0. The van der Waals surface area contributed by atoms with Gasteiger partial charge in [-0.25, -0.2) is 14.6 Å². The van der Waals surface area contributed by atoms with E-state index in [1.807, 2.05) is 31.6 Å². The van der Waals surface area contributed by atoms with E-state index in [9.17, 15) is 0 Å². The number of nitrogens with one attached hydrogen (secondary N) is 1. The van der Waals surface area contributed by atoms with Crippen molar-refractivity contribution < 1.29 is 0 Å². The Balaban J connectivity index is 2.01. The average Bonchev–Trinajstić information content (AvgIpc) is 3.03. The van der Waals surface area contributed by atoms with Gasteiger partial charge in [0.15, 0.2) is 0 Å². The first-order valence-corrected chi connectivity index (χ1v) is 5.90. The third-order valence-corrected chi connectivity index (χ3v) is 3.28. The second-order valence-corrected chi connectivity index (χ2v) is 4.40. The summed E-state index contributed by atoms with van der Waals surface area (Å²) >= 11 is 0. The highest BCUT2D eigenvalue weighted by Crippen LogP contribution is 2.28. The molecular weight excluding hydrogens is 240 g/mol. The summed E-state index contributed by atoms with van der Waals surface area (Å²) in [5.41, 5.74) is 4.91. The highest BCUT2D eigenvalue weighted by molar-refractivity contribution is 5.95. The summed E-state index contributed by atoms with van der Waals surface area (Å²) < 4.78 is 1.77. The van der Waals surface area contributed by atoms with Gasteiger partial charge in [0.1, 0.15) is 17.5 Å². The number of aromatic amines is 1.